The van der Waals surface area contributed by atoms with Crippen molar-refractivity contribution in [2.45, 2.75) is 63.8 Å². The first-order chi connectivity index (χ1) is 17.3. The number of rotatable bonds is 6. The molecule has 5 heterocycles. The van der Waals surface area contributed by atoms with Crippen LogP contribution in [0.1, 0.15) is 68.4 Å². The number of ether oxygens (including phenoxy) is 2. The fourth-order valence-electron chi connectivity index (χ4n) is 6.18. The van der Waals surface area contributed by atoms with Gasteiger partial charge in [0.15, 0.2) is 0 Å². The van der Waals surface area contributed by atoms with Crippen LogP contribution in [0.4, 0.5) is 5.69 Å². The molecule has 0 unspecified atom stereocenters. The third-order valence-electron chi connectivity index (χ3n) is 8.43. The molecule has 0 atom stereocenters. The molecular formula is C28H39N5O2. The molecule has 0 amide bonds. The maximum Gasteiger partial charge on any atom is 0.0896 e. The number of pyridine rings is 1. The Morgan fingerprint density at radius 3 is 2.51 bits per heavy atom. The van der Waals surface area contributed by atoms with E-state index in [0.29, 0.717) is 18.6 Å². The van der Waals surface area contributed by atoms with Crippen LogP contribution in [0.2, 0.25) is 0 Å². The number of hydrogen-bond donors (Lipinski definition) is 0. The van der Waals surface area contributed by atoms with E-state index in [1.807, 2.05) is 6.20 Å². The van der Waals surface area contributed by atoms with Crippen molar-refractivity contribution in [1.82, 2.24) is 19.7 Å². The van der Waals surface area contributed by atoms with Gasteiger partial charge in [0.1, 0.15) is 0 Å². The zero-order valence-electron chi connectivity index (χ0n) is 21.1. The maximum atomic E-state index is 5.59. The Hall–Kier alpha value is -2.22. The molecule has 3 fully saturated rings. The van der Waals surface area contributed by atoms with E-state index in [1.54, 1.807) is 0 Å². The van der Waals surface area contributed by atoms with Crippen LogP contribution >= 0.6 is 0 Å². The van der Waals surface area contributed by atoms with Gasteiger partial charge >= 0.3 is 0 Å². The number of aromatic nitrogens is 3. The lowest BCUT2D eigenvalue weighted by atomic mass is 9.82. The van der Waals surface area contributed by atoms with Gasteiger partial charge < -0.3 is 14.4 Å². The first-order valence-corrected chi connectivity index (χ1v) is 13.7. The van der Waals surface area contributed by atoms with E-state index >= 15 is 0 Å². The summed E-state index contributed by atoms with van der Waals surface area (Å²) in [6.45, 7) is 9.92. The van der Waals surface area contributed by atoms with Gasteiger partial charge in [-0.1, -0.05) is 19.4 Å². The van der Waals surface area contributed by atoms with Crippen LogP contribution in [-0.2, 0) is 15.9 Å². The highest BCUT2D eigenvalue weighted by atomic mass is 16.5. The Labute approximate surface area is 209 Å². The maximum absolute atomic E-state index is 5.59. The number of anilines is 1. The van der Waals surface area contributed by atoms with E-state index < -0.39 is 0 Å². The summed E-state index contributed by atoms with van der Waals surface area (Å²) in [5.74, 6) is 0.605. The normalized spacial score (nSPS) is 22.8. The molecule has 35 heavy (non-hydrogen) atoms. The molecule has 0 N–H and O–H groups in total. The van der Waals surface area contributed by atoms with Crippen LogP contribution in [0.15, 0.2) is 24.4 Å². The monoisotopic (exact) mass is 477 g/mol. The SMILES string of the molecule is CCc1c(N2CCC(N3CCOCC3)CC2)c(C2CCC2)nn1-c1ccnc(C2=CCOCC2)c1. The average molecular weight is 478 g/mol. The third-order valence-corrected chi connectivity index (χ3v) is 8.43. The summed E-state index contributed by atoms with van der Waals surface area (Å²) in [5, 5.41) is 5.32. The topological polar surface area (TPSA) is 55.7 Å². The second-order valence-electron chi connectivity index (χ2n) is 10.4. The van der Waals surface area contributed by atoms with Crippen molar-refractivity contribution in [3.05, 3.63) is 41.5 Å². The molecule has 0 radical (unpaired) electrons. The summed E-state index contributed by atoms with van der Waals surface area (Å²) in [6, 6.07) is 5.04. The Morgan fingerprint density at radius 1 is 1.00 bits per heavy atom. The molecule has 2 aromatic rings. The van der Waals surface area contributed by atoms with Crippen molar-refractivity contribution in [2.24, 2.45) is 0 Å². The predicted octanol–water partition coefficient (Wildman–Crippen LogP) is 4.20. The average Bonchev–Trinajstić information content (AvgIpc) is 3.28. The standard InChI is InChI=1S/C28H39N5O2/c1-2-26-28(32-12-7-23(8-13-32)31-14-18-35-19-15-31)27(22-4-3-5-22)30-33(26)24-6-11-29-25(20-24)21-9-16-34-17-10-21/h6,9,11,20,22-23H,2-5,7-8,10,12-19H2,1H3. The first kappa shape index (κ1) is 23.2. The number of hydrogen-bond acceptors (Lipinski definition) is 6. The molecule has 6 rings (SSSR count). The molecule has 0 aromatic carbocycles. The number of piperidine rings is 1. The van der Waals surface area contributed by atoms with E-state index in [2.05, 4.69) is 44.6 Å². The lowest BCUT2D eigenvalue weighted by Crippen LogP contribution is -2.49. The molecule has 3 aliphatic heterocycles. The van der Waals surface area contributed by atoms with Crippen LogP contribution in [0.5, 0.6) is 0 Å². The molecule has 188 valence electrons. The van der Waals surface area contributed by atoms with Crippen LogP contribution in [0.25, 0.3) is 11.3 Å². The number of morpholine rings is 1. The van der Waals surface area contributed by atoms with E-state index in [-0.39, 0.29) is 0 Å². The smallest absolute Gasteiger partial charge is 0.0896 e. The molecule has 0 bridgehead atoms. The fourth-order valence-corrected chi connectivity index (χ4v) is 6.18. The van der Waals surface area contributed by atoms with E-state index in [0.717, 1.165) is 70.2 Å². The quantitative estimate of drug-likeness (QED) is 0.622. The summed E-state index contributed by atoms with van der Waals surface area (Å²) in [6.07, 6.45) is 12.3. The van der Waals surface area contributed by atoms with Gasteiger partial charge in [-0.3, -0.25) is 9.88 Å². The highest BCUT2D eigenvalue weighted by Crippen LogP contribution is 2.43. The van der Waals surface area contributed by atoms with Gasteiger partial charge in [-0.05, 0) is 56.2 Å². The van der Waals surface area contributed by atoms with Gasteiger partial charge in [-0.25, -0.2) is 4.68 Å². The van der Waals surface area contributed by atoms with Gasteiger partial charge in [0, 0.05) is 44.3 Å². The van der Waals surface area contributed by atoms with Gasteiger partial charge in [0.2, 0.25) is 0 Å². The molecule has 2 aromatic heterocycles. The van der Waals surface area contributed by atoms with E-state index in [9.17, 15) is 0 Å². The third kappa shape index (κ3) is 4.66. The molecule has 2 saturated heterocycles. The van der Waals surface area contributed by atoms with Crippen LogP contribution in [-0.4, -0.2) is 78.3 Å². The first-order valence-electron chi connectivity index (χ1n) is 13.7. The van der Waals surface area contributed by atoms with Crippen LogP contribution in [0.3, 0.4) is 0 Å². The zero-order chi connectivity index (χ0) is 23.6. The van der Waals surface area contributed by atoms with Crippen molar-refractivity contribution in [3.63, 3.8) is 0 Å². The van der Waals surface area contributed by atoms with Gasteiger partial charge in [-0.15, -0.1) is 0 Å². The second-order valence-corrected chi connectivity index (χ2v) is 10.4. The highest BCUT2D eigenvalue weighted by Gasteiger charge is 2.34. The lowest BCUT2D eigenvalue weighted by Gasteiger charge is -2.41. The minimum absolute atomic E-state index is 0.605. The summed E-state index contributed by atoms with van der Waals surface area (Å²) in [5.41, 5.74) is 7.60. The lowest BCUT2D eigenvalue weighted by molar-refractivity contribution is 0.0115. The summed E-state index contributed by atoms with van der Waals surface area (Å²) in [7, 11) is 0. The summed E-state index contributed by atoms with van der Waals surface area (Å²) >= 11 is 0. The molecule has 0 spiro atoms. The largest absolute Gasteiger partial charge is 0.379 e. The van der Waals surface area contributed by atoms with Gasteiger partial charge in [-0.2, -0.15) is 5.10 Å². The van der Waals surface area contributed by atoms with E-state index in [4.69, 9.17) is 14.6 Å². The number of nitrogens with zero attached hydrogens (tertiary/aromatic N) is 5. The van der Waals surface area contributed by atoms with E-state index in [1.165, 1.54) is 54.8 Å². The molecule has 4 aliphatic rings. The molecule has 1 aliphatic carbocycles. The molecule has 1 saturated carbocycles. The Balaban J connectivity index is 1.30. The molecular weight excluding hydrogens is 438 g/mol. The Kier molecular flexibility index (Phi) is 6.90. The fraction of sp³-hybridized carbons (Fsp3) is 0.643. The Morgan fingerprint density at radius 2 is 1.83 bits per heavy atom. The highest BCUT2D eigenvalue weighted by molar-refractivity contribution is 5.66. The second kappa shape index (κ2) is 10.4. The van der Waals surface area contributed by atoms with Crippen molar-refractivity contribution in [1.29, 1.82) is 0 Å². The predicted molar refractivity (Wildman–Crippen MR) is 138 cm³/mol. The van der Waals surface area contributed by atoms with Crippen molar-refractivity contribution in [3.8, 4) is 5.69 Å². The van der Waals surface area contributed by atoms with Crippen molar-refractivity contribution in [2.75, 3.05) is 57.5 Å². The summed E-state index contributed by atoms with van der Waals surface area (Å²) in [4.78, 5) is 10.0. The minimum Gasteiger partial charge on any atom is -0.379 e. The van der Waals surface area contributed by atoms with Crippen LogP contribution in [0, 0.1) is 0 Å². The van der Waals surface area contributed by atoms with Crippen LogP contribution < -0.4 is 4.90 Å². The summed E-state index contributed by atoms with van der Waals surface area (Å²) < 4.78 is 13.3. The van der Waals surface area contributed by atoms with Crippen molar-refractivity contribution >= 4 is 11.3 Å². The van der Waals surface area contributed by atoms with Gasteiger partial charge in [0.05, 0.1) is 54.9 Å². The minimum atomic E-state index is 0.605. The van der Waals surface area contributed by atoms with Gasteiger partial charge in [0.25, 0.3) is 0 Å². The zero-order valence-corrected chi connectivity index (χ0v) is 21.1. The van der Waals surface area contributed by atoms with Crippen molar-refractivity contribution < 1.29 is 9.47 Å². The molecule has 7 heteroatoms. The molecule has 7 nitrogen and oxygen atoms in total. The Bertz CT molecular complexity index is 1050.